The van der Waals surface area contributed by atoms with E-state index in [0.29, 0.717) is 31.0 Å². The number of H-pyrrole nitrogens is 1. The first-order chi connectivity index (χ1) is 18.9. The van der Waals surface area contributed by atoms with Gasteiger partial charge >= 0.3 is 0 Å². The lowest BCUT2D eigenvalue weighted by molar-refractivity contribution is -0.166. The first-order valence-corrected chi connectivity index (χ1v) is 13.0. The summed E-state index contributed by atoms with van der Waals surface area (Å²) in [5.74, 6) is 0.429. The molecule has 8 heteroatoms. The smallest absolute Gasteiger partial charge is 0.254 e. The van der Waals surface area contributed by atoms with E-state index in [1.807, 2.05) is 49.4 Å². The molecule has 0 aliphatic carbocycles. The van der Waals surface area contributed by atoms with Crippen LogP contribution in [0.15, 0.2) is 66.7 Å². The van der Waals surface area contributed by atoms with Crippen molar-refractivity contribution in [3.05, 3.63) is 94.9 Å². The third-order valence-corrected chi connectivity index (χ3v) is 8.21. The molecule has 1 fully saturated rings. The second-order valence-corrected chi connectivity index (χ2v) is 10.3. The molecule has 1 aromatic heterocycles. The fourth-order valence-corrected chi connectivity index (χ4v) is 6.24. The van der Waals surface area contributed by atoms with Crippen LogP contribution in [0.3, 0.4) is 0 Å². The van der Waals surface area contributed by atoms with E-state index in [1.54, 1.807) is 36.2 Å². The fourth-order valence-electron chi connectivity index (χ4n) is 6.24. The van der Waals surface area contributed by atoms with Crippen LogP contribution in [0.1, 0.15) is 35.2 Å². The Hall–Kier alpha value is -4.33. The molecule has 0 spiro atoms. The van der Waals surface area contributed by atoms with Gasteiger partial charge in [0.2, 0.25) is 5.91 Å². The van der Waals surface area contributed by atoms with E-state index in [2.05, 4.69) is 4.98 Å². The van der Waals surface area contributed by atoms with Crippen molar-refractivity contribution in [1.82, 2.24) is 14.8 Å². The minimum atomic E-state index is -1.20. The molecule has 0 radical (unpaired) electrons. The molecule has 2 atom stereocenters. The highest BCUT2D eigenvalue weighted by molar-refractivity contribution is 6.01. The van der Waals surface area contributed by atoms with Crippen molar-refractivity contribution in [3.63, 3.8) is 0 Å². The van der Waals surface area contributed by atoms with Gasteiger partial charge in [-0.15, -0.1) is 0 Å². The van der Waals surface area contributed by atoms with E-state index in [0.717, 1.165) is 33.3 Å². The molecule has 0 bridgehead atoms. The molecule has 3 heterocycles. The lowest BCUT2D eigenvalue weighted by Crippen LogP contribution is -2.67. The third-order valence-electron chi connectivity index (χ3n) is 8.21. The second kappa shape index (κ2) is 9.45. The van der Waals surface area contributed by atoms with Crippen LogP contribution in [0.25, 0.3) is 10.9 Å². The molecule has 2 unspecified atom stereocenters. The number of hydrogen-bond acceptors (Lipinski definition) is 4. The first kappa shape index (κ1) is 25.0. The Kier molecular flexibility index (Phi) is 6.05. The zero-order valence-electron chi connectivity index (χ0n) is 22.2. The summed E-state index contributed by atoms with van der Waals surface area (Å²) in [5, 5.41) is 1.01. The number of carbonyl (C=O) groups is 2. The number of methoxy groups -OCH3 is 2. The highest BCUT2D eigenvalue weighted by atomic mass is 19.1. The number of benzene rings is 3. The molecule has 200 valence electrons. The van der Waals surface area contributed by atoms with Gasteiger partial charge in [0.15, 0.2) is 17.0 Å². The molecule has 2 aliphatic rings. The average molecular weight is 528 g/mol. The summed E-state index contributed by atoms with van der Waals surface area (Å²) in [4.78, 5) is 34.8. The van der Waals surface area contributed by atoms with Gasteiger partial charge in [0.05, 0.1) is 26.5 Å². The predicted octanol–water partition coefficient (Wildman–Crippen LogP) is 4.60. The lowest BCUT2D eigenvalue weighted by Gasteiger charge is -2.51. The lowest BCUT2D eigenvalue weighted by atomic mass is 9.76. The summed E-state index contributed by atoms with van der Waals surface area (Å²) in [5.41, 5.74) is 3.20. The Labute approximate surface area is 226 Å². The van der Waals surface area contributed by atoms with E-state index >= 15 is 0 Å². The van der Waals surface area contributed by atoms with Crippen LogP contribution < -0.4 is 9.47 Å². The van der Waals surface area contributed by atoms with Crippen molar-refractivity contribution in [2.45, 2.75) is 24.8 Å². The van der Waals surface area contributed by atoms with Gasteiger partial charge in [0, 0.05) is 35.5 Å². The number of carbonyl (C=O) groups excluding carboxylic acids is 2. The van der Waals surface area contributed by atoms with Crippen LogP contribution >= 0.6 is 0 Å². The van der Waals surface area contributed by atoms with Gasteiger partial charge < -0.3 is 24.3 Å². The van der Waals surface area contributed by atoms with Crippen molar-refractivity contribution in [2.75, 3.05) is 33.9 Å². The normalized spacial score (nSPS) is 20.7. The van der Waals surface area contributed by atoms with E-state index in [-0.39, 0.29) is 30.1 Å². The zero-order valence-corrected chi connectivity index (χ0v) is 22.2. The number of nitrogens with one attached hydrogen (secondary N) is 1. The summed E-state index contributed by atoms with van der Waals surface area (Å²) >= 11 is 0. The van der Waals surface area contributed by atoms with Gasteiger partial charge in [-0.2, -0.15) is 0 Å². The third kappa shape index (κ3) is 3.85. The Morgan fingerprint density at radius 3 is 2.51 bits per heavy atom. The maximum Gasteiger partial charge on any atom is 0.254 e. The molecule has 4 aromatic rings. The summed E-state index contributed by atoms with van der Waals surface area (Å²) < 4.78 is 24.7. The predicted molar refractivity (Wildman–Crippen MR) is 145 cm³/mol. The molecule has 3 aromatic carbocycles. The standard InChI is InChI=1S/C31H30FN3O4/c1-31-29-27(22-7-4-5-9-24(22)33-29)23(21-8-6-10-25(38-2)28(21)39-3)17-35(31)26(36)18-34(30(31)37)16-15-19-11-13-20(32)14-12-19/h4-14,23,33H,15-18H2,1-3H3. The number of aromatic amines is 1. The quantitative estimate of drug-likeness (QED) is 0.398. The molecule has 2 amide bonds. The minimum absolute atomic E-state index is 0.00680. The molecule has 1 saturated heterocycles. The van der Waals surface area contributed by atoms with Gasteiger partial charge in [-0.1, -0.05) is 42.5 Å². The number of nitrogens with zero attached hydrogens (tertiary/aromatic N) is 2. The molecule has 2 aliphatic heterocycles. The van der Waals surface area contributed by atoms with Crippen LogP contribution in [-0.4, -0.2) is 60.5 Å². The van der Waals surface area contributed by atoms with Gasteiger partial charge in [0.25, 0.3) is 5.91 Å². The molecule has 6 rings (SSSR count). The number of amides is 2. The van der Waals surface area contributed by atoms with Crippen molar-refractivity contribution in [3.8, 4) is 11.5 Å². The van der Waals surface area contributed by atoms with Crippen molar-refractivity contribution in [1.29, 1.82) is 0 Å². The highest BCUT2D eigenvalue weighted by Crippen LogP contribution is 2.50. The number of fused-ring (bicyclic) bond motifs is 5. The molecule has 39 heavy (non-hydrogen) atoms. The number of hydrogen-bond donors (Lipinski definition) is 1. The van der Waals surface area contributed by atoms with Crippen molar-refractivity contribution in [2.24, 2.45) is 0 Å². The number of ether oxygens (including phenoxy) is 2. The monoisotopic (exact) mass is 527 g/mol. The zero-order chi connectivity index (χ0) is 27.3. The van der Waals surface area contributed by atoms with Gasteiger partial charge in [-0.05, 0) is 48.7 Å². The summed E-state index contributed by atoms with van der Waals surface area (Å²) in [6, 6.07) is 20.0. The van der Waals surface area contributed by atoms with E-state index in [4.69, 9.17) is 9.47 Å². The van der Waals surface area contributed by atoms with Crippen LogP contribution in [0.4, 0.5) is 4.39 Å². The molecule has 7 nitrogen and oxygen atoms in total. The molecular weight excluding hydrogens is 497 g/mol. The topological polar surface area (TPSA) is 74.9 Å². The Morgan fingerprint density at radius 2 is 1.77 bits per heavy atom. The molecule has 0 saturated carbocycles. The Morgan fingerprint density at radius 1 is 1.00 bits per heavy atom. The fraction of sp³-hybridized carbons (Fsp3) is 0.290. The maximum absolute atomic E-state index is 14.2. The number of piperazine rings is 1. The summed E-state index contributed by atoms with van der Waals surface area (Å²) in [6.07, 6.45) is 0.526. The number of halogens is 1. The van der Waals surface area contributed by atoms with E-state index < -0.39 is 5.54 Å². The van der Waals surface area contributed by atoms with E-state index in [9.17, 15) is 14.0 Å². The van der Waals surface area contributed by atoms with Crippen LogP contribution in [-0.2, 0) is 21.5 Å². The highest BCUT2D eigenvalue weighted by Gasteiger charge is 2.56. The van der Waals surface area contributed by atoms with Crippen molar-refractivity contribution < 1.29 is 23.5 Å². The van der Waals surface area contributed by atoms with Crippen LogP contribution in [0.5, 0.6) is 11.5 Å². The Balaban J connectivity index is 1.46. The van der Waals surface area contributed by atoms with E-state index in [1.165, 1.54) is 12.1 Å². The molecule has 1 N–H and O–H groups in total. The Bertz CT molecular complexity index is 1580. The largest absolute Gasteiger partial charge is 0.493 e. The number of aromatic nitrogens is 1. The maximum atomic E-state index is 14.2. The van der Waals surface area contributed by atoms with Crippen molar-refractivity contribution >= 4 is 22.7 Å². The average Bonchev–Trinajstić information content (AvgIpc) is 3.35. The number of para-hydroxylation sites is 2. The van der Waals surface area contributed by atoms with Gasteiger partial charge in [0.1, 0.15) is 5.82 Å². The van der Waals surface area contributed by atoms with Gasteiger partial charge in [-0.3, -0.25) is 9.59 Å². The molecular formula is C31H30FN3O4. The van der Waals surface area contributed by atoms with Crippen LogP contribution in [0, 0.1) is 5.82 Å². The number of rotatable bonds is 6. The SMILES string of the molecule is COc1cccc(C2CN3C(=O)CN(CCc4ccc(F)cc4)C(=O)C3(C)c3[nH]c4ccccc4c32)c1OC. The van der Waals surface area contributed by atoms with Crippen LogP contribution in [0.2, 0.25) is 0 Å². The summed E-state index contributed by atoms with van der Waals surface area (Å²) in [7, 11) is 3.21. The minimum Gasteiger partial charge on any atom is -0.493 e. The van der Waals surface area contributed by atoms with Gasteiger partial charge in [-0.25, -0.2) is 4.39 Å². The first-order valence-electron chi connectivity index (χ1n) is 13.0. The summed E-state index contributed by atoms with van der Waals surface area (Å²) in [6.45, 7) is 2.52. The second-order valence-electron chi connectivity index (χ2n) is 10.3.